The first-order chi connectivity index (χ1) is 15.5. The number of carbonyl (C=O) groups is 2. The maximum atomic E-state index is 11.8. The number of hydrazone groups is 1. The van der Waals surface area contributed by atoms with Crippen LogP contribution in [0.5, 0.6) is 5.75 Å². The third-order valence-electron chi connectivity index (χ3n) is 4.40. The van der Waals surface area contributed by atoms with Crippen LogP contribution in [0.15, 0.2) is 77.9 Å². The normalized spacial score (nSPS) is 10.7. The van der Waals surface area contributed by atoms with E-state index in [1.807, 2.05) is 36.4 Å². The number of carbonyl (C=O) groups excluding carboxylic acids is 2. The highest BCUT2D eigenvalue weighted by molar-refractivity contribution is 6.42. The topological polar surface area (TPSA) is 79.8 Å². The van der Waals surface area contributed by atoms with E-state index >= 15 is 0 Å². The molecule has 0 aliphatic rings. The molecule has 0 aliphatic carbocycles. The van der Waals surface area contributed by atoms with Crippen LogP contribution in [0, 0.1) is 0 Å². The number of rotatable bonds is 8. The SMILES string of the molecule is O=C(NCCc1ccccc1)C(=O)N/N=C\c1ccc(OCc2ccc(Cl)c(Cl)c2)cc1. The third kappa shape index (κ3) is 7.41. The summed E-state index contributed by atoms with van der Waals surface area (Å²) < 4.78 is 5.72. The second kappa shape index (κ2) is 11.9. The van der Waals surface area contributed by atoms with Crippen molar-refractivity contribution in [2.75, 3.05) is 6.54 Å². The third-order valence-corrected chi connectivity index (χ3v) is 5.14. The molecule has 3 rings (SSSR count). The van der Waals surface area contributed by atoms with Crippen LogP contribution in [0.25, 0.3) is 0 Å². The van der Waals surface area contributed by atoms with E-state index in [2.05, 4.69) is 15.8 Å². The van der Waals surface area contributed by atoms with Crippen LogP contribution in [-0.2, 0) is 22.6 Å². The number of benzene rings is 3. The Labute approximate surface area is 196 Å². The van der Waals surface area contributed by atoms with Crippen molar-refractivity contribution in [3.05, 3.63) is 99.5 Å². The monoisotopic (exact) mass is 469 g/mol. The smallest absolute Gasteiger partial charge is 0.329 e. The Kier molecular flexibility index (Phi) is 8.66. The molecular formula is C24H21Cl2N3O3. The fourth-order valence-corrected chi connectivity index (χ4v) is 3.03. The summed E-state index contributed by atoms with van der Waals surface area (Å²) in [6.45, 7) is 0.712. The van der Waals surface area contributed by atoms with Crippen molar-refractivity contribution in [1.82, 2.24) is 10.7 Å². The molecule has 0 spiro atoms. The molecule has 2 amide bonds. The summed E-state index contributed by atoms with van der Waals surface area (Å²) in [7, 11) is 0. The van der Waals surface area contributed by atoms with Gasteiger partial charge in [0.05, 0.1) is 16.3 Å². The Morgan fingerprint density at radius 1 is 0.875 bits per heavy atom. The van der Waals surface area contributed by atoms with E-state index in [0.29, 0.717) is 35.4 Å². The van der Waals surface area contributed by atoms with Gasteiger partial charge in [-0.3, -0.25) is 9.59 Å². The van der Waals surface area contributed by atoms with Gasteiger partial charge in [-0.2, -0.15) is 5.10 Å². The maximum Gasteiger partial charge on any atom is 0.329 e. The number of ether oxygens (including phenoxy) is 1. The maximum absolute atomic E-state index is 11.8. The highest BCUT2D eigenvalue weighted by Crippen LogP contribution is 2.23. The van der Waals surface area contributed by atoms with Crippen molar-refractivity contribution in [1.29, 1.82) is 0 Å². The zero-order chi connectivity index (χ0) is 22.8. The Morgan fingerprint density at radius 2 is 1.62 bits per heavy atom. The zero-order valence-corrected chi connectivity index (χ0v) is 18.6. The predicted molar refractivity (Wildman–Crippen MR) is 126 cm³/mol. The summed E-state index contributed by atoms with van der Waals surface area (Å²) >= 11 is 11.9. The molecule has 0 radical (unpaired) electrons. The summed E-state index contributed by atoms with van der Waals surface area (Å²) in [4.78, 5) is 23.6. The van der Waals surface area contributed by atoms with Gasteiger partial charge in [0.1, 0.15) is 12.4 Å². The number of hydrogen-bond donors (Lipinski definition) is 2. The van der Waals surface area contributed by atoms with E-state index in [1.54, 1.807) is 36.4 Å². The van der Waals surface area contributed by atoms with E-state index < -0.39 is 11.8 Å². The van der Waals surface area contributed by atoms with Crippen LogP contribution < -0.4 is 15.5 Å². The van der Waals surface area contributed by atoms with Crippen molar-refractivity contribution >= 4 is 41.2 Å². The number of nitrogens with zero attached hydrogens (tertiary/aromatic N) is 1. The summed E-state index contributed by atoms with van der Waals surface area (Å²) in [6, 6.07) is 22.1. The lowest BCUT2D eigenvalue weighted by Gasteiger charge is -2.07. The Hall–Kier alpha value is -3.35. The average Bonchev–Trinajstić information content (AvgIpc) is 2.81. The van der Waals surface area contributed by atoms with Gasteiger partial charge in [-0.05, 0) is 59.5 Å². The number of hydrogen-bond acceptors (Lipinski definition) is 4. The molecule has 0 unspecified atom stereocenters. The standard InChI is InChI=1S/C24H21Cl2N3O3/c25-21-11-8-19(14-22(21)26)16-32-20-9-6-18(7-10-20)15-28-29-24(31)23(30)27-13-12-17-4-2-1-3-5-17/h1-11,14-15H,12-13,16H2,(H,27,30)(H,29,31)/b28-15-. The molecule has 2 N–H and O–H groups in total. The minimum atomic E-state index is -0.823. The fraction of sp³-hybridized carbons (Fsp3) is 0.125. The molecule has 8 heteroatoms. The molecular weight excluding hydrogens is 449 g/mol. The summed E-state index contributed by atoms with van der Waals surface area (Å²) in [6.07, 6.45) is 2.08. The van der Waals surface area contributed by atoms with Crippen LogP contribution >= 0.6 is 23.2 Å². The van der Waals surface area contributed by atoms with Crippen molar-refractivity contribution in [2.45, 2.75) is 13.0 Å². The Balaban J connectivity index is 1.40. The molecule has 164 valence electrons. The van der Waals surface area contributed by atoms with Crippen LogP contribution in [0.2, 0.25) is 10.0 Å². The van der Waals surface area contributed by atoms with Gasteiger partial charge in [0, 0.05) is 6.54 Å². The van der Waals surface area contributed by atoms with Crippen molar-refractivity contribution < 1.29 is 14.3 Å². The van der Waals surface area contributed by atoms with Crippen molar-refractivity contribution in [2.24, 2.45) is 5.10 Å². The molecule has 6 nitrogen and oxygen atoms in total. The van der Waals surface area contributed by atoms with Gasteiger partial charge in [0.25, 0.3) is 0 Å². The molecule has 0 atom stereocenters. The molecule has 0 saturated heterocycles. The van der Waals surface area contributed by atoms with E-state index in [1.165, 1.54) is 6.21 Å². The average molecular weight is 470 g/mol. The lowest BCUT2D eigenvalue weighted by Crippen LogP contribution is -2.38. The molecule has 0 bridgehead atoms. The minimum absolute atomic E-state index is 0.347. The second-order valence-corrected chi connectivity index (χ2v) is 7.61. The molecule has 0 saturated carbocycles. The number of amides is 2. The Morgan fingerprint density at radius 3 is 2.34 bits per heavy atom. The first-order valence-corrected chi connectivity index (χ1v) is 10.6. The molecule has 3 aromatic carbocycles. The number of nitrogens with one attached hydrogen (secondary N) is 2. The van der Waals surface area contributed by atoms with Crippen molar-refractivity contribution in [3.8, 4) is 5.75 Å². The minimum Gasteiger partial charge on any atom is -0.489 e. The van der Waals surface area contributed by atoms with Crippen LogP contribution in [0.3, 0.4) is 0 Å². The lowest BCUT2D eigenvalue weighted by molar-refractivity contribution is -0.139. The lowest BCUT2D eigenvalue weighted by atomic mass is 10.1. The largest absolute Gasteiger partial charge is 0.489 e. The highest BCUT2D eigenvalue weighted by atomic mass is 35.5. The van der Waals surface area contributed by atoms with E-state index in [-0.39, 0.29) is 0 Å². The molecule has 3 aromatic rings. The molecule has 0 aliphatic heterocycles. The van der Waals surface area contributed by atoms with Gasteiger partial charge in [-0.15, -0.1) is 0 Å². The fourth-order valence-electron chi connectivity index (χ4n) is 2.71. The van der Waals surface area contributed by atoms with E-state index in [0.717, 1.165) is 16.7 Å². The van der Waals surface area contributed by atoms with E-state index in [4.69, 9.17) is 27.9 Å². The second-order valence-electron chi connectivity index (χ2n) is 6.80. The van der Waals surface area contributed by atoms with Gasteiger partial charge in [-0.25, -0.2) is 5.43 Å². The first kappa shape index (κ1) is 23.3. The van der Waals surface area contributed by atoms with Gasteiger partial charge in [-0.1, -0.05) is 59.6 Å². The Bertz CT molecular complexity index is 1090. The summed E-state index contributed by atoms with van der Waals surface area (Å²) in [5.41, 5.74) is 4.92. The van der Waals surface area contributed by atoms with Gasteiger partial charge < -0.3 is 10.1 Å². The zero-order valence-electron chi connectivity index (χ0n) is 17.1. The van der Waals surface area contributed by atoms with Crippen LogP contribution in [0.1, 0.15) is 16.7 Å². The quantitative estimate of drug-likeness (QED) is 0.291. The first-order valence-electron chi connectivity index (χ1n) is 9.83. The molecule has 32 heavy (non-hydrogen) atoms. The van der Waals surface area contributed by atoms with Gasteiger partial charge >= 0.3 is 11.8 Å². The molecule has 0 heterocycles. The van der Waals surface area contributed by atoms with Gasteiger partial charge in [0.15, 0.2) is 0 Å². The predicted octanol–water partition coefficient (Wildman–Crippen LogP) is 4.38. The molecule has 0 fully saturated rings. The van der Waals surface area contributed by atoms with Crippen LogP contribution in [0.4, 0.5) is 0 Å². The van der Waals surface area contributed by atoms with Crippen LogP contribution in [-0.4, -0.2) is 24.6 Å². The summed E-state index contributed by atoms with van der Waals surface area (Å²) in [5, 5.41) is 7.35. The molecule has 0 aromatic heterocycles. The summed E-state index contributed by atoms with van der Waals surface area (Å²) in [5.74, 6) is -0.893. The van der Waals surface area contributed by atoms with Gasteiger partial charge in [0.2, 0.25) is 0 Å². The van der Waals surface area contributed by atoms with Crippen molar-refractivity contribution in [3.63, 3.8) is 0 Å². The van der Waals surface area contributed by atoms with E-state index in [9.17, 15) is 9.59 Å². The highest BCUT2D eigenvalue weighted by Gasteiger charge is 2.11. The number of halogens is 2.